The summed E-state index contributed by atoms with van der Waals surface area (Å²) in [6.45, 7) is 1.08. The summed E-state index contributed by atoms with van der Waals surface area (Å²) >= 11 is 11.4. The van der Waals surface area contributed by atoms with Crippen molar-refractivity contribution in [3.63, 3.8) is 0 Å². The van der Waals surface area contributed by atoms with E-state index in [1.165, 1.54) is 0 Å². The first-order valence-electron chi connectivity index (χ1n) is 8.88. The average Bonchev–Trinajstić information content (AvgIpc) is 2.70. The number of nitrogens with zero attached hydrogens (tertiary/aromatic N) is 1. The maximum atomic E-state index is 12.3. The predicted molar refractivity (Wildman–Crippen MR) is 110 cm³/mol. The number of hydrogen-bond acceptors (Lipinski definition) is 4. The molecule has 0 unspecified atom stereocenters. The molecule has 0 bridgehead atoms. The monoisotopic (exact) mass is 422 g/mol. The van der Waals surface area contributed by atoms with Crippen LogP contribution in [0.15, 0.2) is 42.5 Å². The zero-order valence-electron chi connectivity index (χ0n) is 15.1. The molecule has 1 aliphatic rings. The molecule has 0 aliphatic carbocycles. The number of benzene rings is 2. The Bertz CT molecular complexity index is 843. The van der Waals surface area contributed by atoms with Crippen LogP contribution >= 0.6 is 23.2 Å². The Hall–Kier alpha value is -2.44. The van der Waals surface area contributed by atoms with E-state index in [1.54, 1.807) is 35.2 Å². The van der Waals surface area contributed by atoms with E-state index >= 15 is 0 Å². The lowest BCUT2D eigenvalue weighted by Gasteiger charge is -2.30. The highest BCUT2D eigenvalue weighted by Crippen LogP contribution is 2.34. The van der Waals surface area contributed by atoms with E-state index in [2.05, 4.69) is 5.32 Å². The molecule has 2 amide bonds. The molecule has 0 saturated carbocycles. The van der Waals surface area contributed by atoms with Crippen LogP contribution in [0.3, 0.4) is 0 Å². The summed E-state index contributed by atoms with van der Waals surface area (Å²) in [6, 6.07) is 12.4. The molecule has 0 radical (unpaired) electrons. The number of carbonyl (C=O) groups is 2. The molecule has 0 saturated heterocycles. The van der Waals surface area contributed by atoms with E-state index in [0.717, 1.165) is 18.6 Å². The second kappa shape index (κ2) is 9.66. The molecule has 28 heavy (non-hydrogen) atoms. The molecule has 0 spiro atoms. The smallest absolute Gasteiger partial charge is 0.265 e. The zero-order chi connectivity index (χ0) is 19.9. The fourth-order valence-corrected chi connectivity index (χ4v) is 3.01. The molecule has 8 heteroatoms. The van der Waals surface area contributed by atoms with Gasteiger partial charge in [0.1, 0.15) is 17.4 Å². The van der Waals surface area contributed by atoms with Crippen molar-refractivity contribution in [2.24, 2.45) is 0 Å². The number of amides is 2. The van der Waals surface area contributed by atoms with Gasteiger partial charge >= 0.3 is 0 Å². The lowest BCUT2D eigenvalue weighted by atomic mass is 10.2. The number of halogens is 2. The first kappa shape index (κ1) is 20.3. The van der Waals surface area contributed by atoms with Gasteiger partial charge in [-0.1, -0.05) is 11.6 Å². The lowest BCUT2D eigenvalue weighted by molar-refractivity contribution is -0.121. The minimum Gasteiger partial charge on any atom is -0.494 e. The molecule has 0 fully saturated rings. The van der Waals surface area contributed by atoms with Crippen molar-refractivity contribution in [1.29, 1.82) is 0 Å². The number of anilines is 2. The van der Waals surface area contributed by atoms with Gasteiger partial charge in [0.2, 0.25) is 5.91 Å². The van der Waals surface area contributed by atoms with Crippen LogP contribution in [0.4, 0.5) is 11.4 Å². The number of ether oxygens (including phenoxy) is 2. The molecular weight excluding hydrogens is 403 g/mol. The van der Waals surface area contributed by atoms with E-state index in [-0.39, 0.29) is 24.3 Å². The van der Waals surface area contributed by atoms with Crippen LogP contribution in [0.5, 0.6) is 11.5 Å². The molecule has 3 rings (SSSR count). The van der Waals surface area contributed by atoms with Crippen molar-refractivity contribution in [2.75, 3.05) is 35.9 Å². The fraction of sp³-hybridized carbons (Fsp3) is 0.300. The SMILES string of the molecule is O=C(CCl)Nc1ccc2c(c1)N(CCCCOc1ccc(Cl)cc1)C(=O)CO2. The van der Waals surface area contributed by atoms with Gasteiger partial charge in [0.15, 0.2) is 6.61 Å². The first-order chi connectivity index (χ1) is 13.6. The van der Waals surface area contributed by atoms with Crippen LogP contribution in [-0.2, 0) is 9.59 Å². The summed E-state index contributed by atoms with van der Waals surface area (Å²) < 4.78 is 11.2. The minimum absolute atomic E-state index is 0.00165. The second-order valence-corrected chi connectivity index (χ2v) is 6.91. The molecule has 2 aromatic carbocycles. The van der Waals surface area contributed by atoms with Gasteiger partial charge in [-0.15, -0.1) is 11.6 Å². The average molecular weight is 423 g/mol. The molecule has 0 atom stereocenters. The molecule has 1 aliphatic heterocycles. The Morgan fingerprint density at radius 1 is 1.18 bits per heavy atom. The van der Waals surface area contributed by atoms with Gasteiger partial charge in [-0.3, -0.25) is 9.59 Å². The van der Waals surface area contributed by atoms with Crippen molar-refractivity contribution in [1.82, 2.24) is 0 Å². The van der Waals surface area contributed by atoms with Crippen LogP contribution in [-0.4, -0.2) is 37.5 Å². The maximum Gasteiger partial charge on any atom is 0.265 e. The van der Waals surface area contributed by atoms with Crippen molar-refractivity contribution < 1.29 is 19.1 Å². The van der Waals surface area contributed by atoms with Crippen molar-refractivity contribution in [2.45, 2.75) is 12.8 Å². The fourth-order valence-electron chi connectivity index (χ4n) is 2.81. The van der Waals surface area contributed by atoms with E-state index in [4.69, 9.17) is 32.7 Å². The van der Waals surface area contributed by atoms with Crippen LogP contribution < -0.4 is 19.7 Å². The van der Waals surface area contributed by atoms with Gasteiger partial charge < -0.3 is 19.7 Å². The topological polar surface area (TPSA) is 67.9 Å². The third-order valence-corrected chi connectivity index (χ3v) is 4.66. The van der Waals surface area contributed by atoms with Crippen LogP contribution in [0.2, 0.25) is 5.02 Å². The van der Waals surface area contributed by atoms with E-state index in [0.29, 0.717) is 35.3 Å². The number of carbonyl (C=O) groups excluding carboxylic acids is 2. The van der Waals surface area contributed by atoms with E-state index < -0.39 is 0 Å². The second-order valence-electron chi connectivity index (χ2n) is 6.21. The predicted octanol–water partition coefficient (Wildman–Crippen LogP) is 4.10. The van der Waals surface area contributed by atoms with Gasteiger partial charge in [0.05, 0.1) is 12.3 Å². The Kier molecular flexibility index (Phi) is 7.01. The number of alkyl halides is 1. The summed E-state index contributed by atoms with van der Waals surface area (Å²) in [7, 11) is 0. The van der Waals surface area contributed by atoms with E-state index in [9.17, 15) is 9.59 Å². The third-order valence-electron chi connectivity index (χ3n) is 4.17. The number of nitrogens with one attached hydrogen (secondary N) is 1. The molecule has 0 aromatic heterocycles. The summed E-state index contributed by atoms with van der Waals surface area (Å²) in [5, 5.41) is 3.35. The van der Waals surface area contributed by atoms with E-state index in [1.807, 2.05) is 12.1 Å². The Balaban J connectivity index is 1.56. The molecule has 1 N–H and O–H groups in total. The van der Waals surface area contributed by atoms with Crippen molar-refractivity contribution >= 4 is 46.4 Å². The molecule has 2 aromatic rings. The first-order valence-corrected chi connectivity index (χ1v) is 9.79. The van der Waals surface area contributed by atoms with Gasteiger partial charge in [-0.05, 0) is 55.3 Å². The number of hydrogen-bond donors (Lipinski definition) is 1. The molecule has 1 heterocycles. The summed E-state index contributed by atoms with van der Waals surface area (Å²) in [5.74, 6) is 0.810. The lowest BCUT2D eigenvalue weighted by Crippen LogP contribution is -2.39. The van der Waals surface area contributed by atoms with Gasteiger partial charge in [0.25, 0.3) is 5.91 Å². The molecule has 6 nitrogen and oxygen atoms in total. The van der Waals surface area contributed by atoms with Crippen molar-refractivity contribution in [3.05, 3.63) is 47.5 Å². The normalized spacial score (nSPS) is 12.9. The Morgan fingerprint density at radius 2 is 1.96 bits per heavy atom. The number of unbranched alkanes of at least 4 members (excludes halogenated alkanes) is 1. The quantitative estimate of drug-likeness (QED) is 0.513. The highest BCUT2D eigenvalue weighted by Gasteiger charge is 2.25. The highest BCUT2D eigenvalue weighted by molar-refractivity contribution is 6.30. The van der Waals surface area contributed by atoms with Crippen LogP contribution in [0, 0.1) is 0 Å². The zero-order valence-corrected chi connectivity index (χ0v) is 16.6. The van der Waals surface area contributed by atoms with Gasteiger partial charge in [0, 0.05) is 17.3 Å². The van der Waals surface area contributed by atoms with Crippen LogP contribution in [0.1, 0.15) is 12.8 Å². The summed E-state index contributed by atoms with van der Waals surface area (Å²) in [6.07, 6.45) is 1.54. The minimum atomic E-state index is -0.310. The summed E-state index contributed by atoms with van der Waals surface area (Å²) in [5.41, 5.74) is 1.21. The summed E-state index contributed by atoms with van der Waals surface area (Å²) in [4.78, 5) is 25.5. The third kappa shape index (κ3) is 5.30. The van der Waals surface area contributed by atoms with Gasteiger partial charge in [-0.25, -0.2) is 0 Å². The molecular formula is C20H20Cl2N2O4. The Morgan fingerprint density at radius 3 is 2.71 bits per heavy atom. The van der Waals surface area contributed by atoms with Crippen LogP contribution in [0.25, 0.3) is 0 Å². The van der Waals surface area contributed by atoms with Gasteiger partial charge in [-0.2, -0.15) is 0 Å². The maximum absolute atomic E-state index is 12.3. The van der Waals surface area contributed by atoms with Crippen molar-refractivity contribution in [3.8, 4) is 11.5 Å². The number of rotatable bonds is 8. The largest absolute Gasteiger partial charge is 0.494 e. The Labute approximate surface area is 173 Å². The number of fused-ring (bicyclic) bond motifs is 1. The molecule has 148 valence electrons. The standard InChI is InChI=1S/C20H20Cl2N2O4/c21-12-19(25)23-15-5-8-18-17(11-15)24(20(26)13-28-18)9-1-2-10-27-16-6-3-14(22)4-7-16/h3-8,11H,1-2,9-10,12-13H2,(H,23,25). The highest BCUT2D eigenvalue weighted by atomic mass is 35.5.